The van der Waals surface area contributed by atoms with E-state index in [1.54, 1.807) is 0 Å². The third-order valence-electron chi connectivity index (χ3n) is 4.04. The second-order valence-electron chi connectivity index (χ2n) is 5.78. The number of carbonyl (C=O) groups excluding carboxylic acids is 1. The molecule has 1 aliphatic carbocycles. The van der Waals surface area contributed by atoms with Crippen molar-refractivity contribution in [1.29, 1.82) is 0 Å². The molecule has 1 saturated carbocycles. The van der Waals surface area contributed by atoms with Crippen LogP contribution in [0.1, 0.15) is 37.7 Å². The molecule has 3 nitrogen and oxygen atoms in total. The van der Waals surface area contributed by atoms with Crippen LogP contribution >= 0.6 is 0 Å². The number of carbonyl (C=O) groups is 1. The number of likely N-dealkylation sites (N-methyl/N-ethyl adjacent to an activating group) is 1. The minimum atomic E-state index is 0.119. The maximum atomic E-state index is 12.0. The Bertz CT molecular complexity index is 425. The molecule has 19 heavy (non-hydrogen) atoms. The minimum absolute atomic E-state index is 0.119. The maximum Gasteiger partial charge on any atom is 0.279 e. The highest BCUT2D eigenvalue weighted by Gasteiger charge is 2.23. The van der Waals surface area contributed by atoms with E-state index >= 15 is 0 Å². The number of aryl methyl sites for hydroxylation is 1. The molecule has 0 heterocycles. The number of amides is 1. The van der Waals surface area contributed by atoms with Gasteiger partial charge in [0.1, 0.15) is 0 Å². The third kappa shape index (κ3) is 4.35. The largest absolute Gasteiger partial charge is 0.327 e. The summed E-state index contributed by atoms with van der Waals surface area (Å²) in [5.41, 5.74) is 2.08. The lowest BCUT2D eigenvalue weighted by atomic mass is 9.94. The summed E-state index contributed by atoms with van der Waals surface area (Å²) in [5.74, 6) is 0.119. The minimum Gasteiger partial charge on any atom is -0.327 e. The van der Waals surface area contributed by atoms with Crippen LogP contribution in [-0.2, 0) is 4.79 Å². The first-order chi connectivity index (χ1) is 9.15. The summed E-state index contributed by atoms with van der Waals surface area (Å²) in [6.07, 6.45) is 6.54. The Morgan fingerprint density at radius 1 is 1.32 bits per heavy atom. The number of nitrogens with one attached hydrogen (secondary N) is 2. The van der Waals surface area contributed by atoms with Crippen molar-refractivity contribution in [3.8, 4) is 0 Å². The van der Waals surface area contributed by atoms with Gasteiger partial charge >= 0.3 is 0 Å². The molecule has 0 spiro atoms. The van der Waals surface area contributed by atoms with E-state index in [1.165, 1.54) is 42.6 Å². The molecule has 1 aromatic carbocycles. The maximum absolute atomic E-state index is 12.0. The van der Waals surface area contributed by atoms with Gasteiger partial charge in [0.2, 0.25) is 0 Å². The average Bonchev–Trinajstić information content (AvgIpc) is 2.39. The van der Waals surface area contributed by atoms with E-state index in [0.717, 1.165) is 5.69 Å². The highest BCUT2D eigenvalue weighted by atomic mass is 16.2. The molecule has 1 amide bonds. The van der Waals surface area contributed by atoms with Gasteiger partial charge in [0, 0.05) is 5.69 Å². The molecule has 104 valence electrons. The molecule has 0 radical (unpaired) electrons. The van der Waals surface area contributed by atoms with Crippen LogP contribution in [0.5, 0.6) is 0 Å². The van der Waals surface area contributed by atoms with Gasteiger partial charge in [-0.05, 0) is 50.3 Å². The smallest absolute Gasteiger partial charge is 0.279 e. The van der Waals surface area contributed by atoms with Crippen molar-refractivity contribution in [3.63, 3.8) is 0 Å². The fourth-order valence-corrected chi connectivity index (χ4v) is 2.92. The van der Waals surface area contributed by atoms with E-state index in [9.17, 15) is 4.79 Å². The highest BCUT2D eigenvalue weighted by Crippen LogP contribution is 2.15. The first kappa shape index (κ1) is 14.1. The molecule has 1 aliphatic rings. The molecule has 3 heteroatoms. The molecule has 0 bridgehead atoms. The van der Waals surface area contributed by atoms with Gasteiger partial charge in [-0.3, -0.25) is 4.79 Å². The second kappa shape index (κ2) is 6.71. The first-order valence-corrected chi connectivity index (χ1v) is 7.34. The predicted molar refractivity (Wildman–Crippen MR) is 78.4 cm³/mol. The second-order valence-corrected chi connectivity index (χ2v) is 5.78. The van der Waals surface area contributed by atoms with Crippen molar-refractivity contribution < 1.29 is 9.69 Å². The van der Waals surface area contributed by atoms with Crippen molar-refractivity contribution in [2.45, 2.75) is 45.1 Å². The summed E-state index contributed by atoms with van der Waals surface area (Å²) in [7, 11) is 2.14. The Kier molecular flexibility index (Phi) is 4.97. The van der Waals surface area contributed by atoms with Gasteiger partial charge in [0.15, 0.2) is 6.54 Å². The Labute approximate surface area is 116 Å². The van der Waals surface area contributed by atoms with Crippen molar-refractivity contribution in [2.24, 2.45) is 0 Å². The summed E-state index contributed by atoms with van der Waals surface area (Å²) in [4.78, 5) is 13.4. The van der Waals surface area contributed by atoms with Crippen LogP contribution in [0, 0.1) is 6.92 Å². The molecule has 0 aromatic heterocycles. The lowest BCUT2D eigenvalue weighted by Gasteiger charge is -2.27. The van der Waals surface area contributed by atoms with Gasteiger partial charge in [-0.15, -0.1) is 0 Å². The zero-order valence-electron chi connectivity index (χ0n) is 12.0. The van der Waals surface area contributed by atoms with E-state index in [2.05, 4.69) is 12.4 Å². The fraction of sp³-hybridized carbons (Fsp3) is 0.562. The molecule has 1 atom stereocenters. The van der Waals surface area contributed by atoms with Crippen molar-refractivity contribution in [1.82, 2.24) is 0 Å². The molecule has 2 N–H and O–H groups in total. The molecule has 0 saturated heterocycles. The van der Waals surface area contributed by atoms with Crippen molar-refractivity contribution in [2.75, 3.05) is 18.9 Å². The predicted octanol–water partition coefficient (Wildman–Crippen LogP) is 1.78. The van der Waals surface area contributed by atoms with Crippen LogP contribution in [0.3, 0.4) is 0 Å². The normalized spacial score (nSPS) is 18.0. The van der Waals surface area contributed by atoms with E-state index < -0.39 is 0 Å². The van der Waals surface area contributed by atoms with Gasteiger partial charge in [0.05, 0.1) is 13.1 Å². The number of hydrogen-bond acceptors (Lipinski definition) is 1. The molecule has 0 aliphatic heterocycles. The van der Waals surface area contributed by atoms with E-state index in [4.69, 9.17) is 0 Å². The zero-order valence-corrected chi connectivity index (χ0v) is 12.0. The monoisotopic (exact) mass is 261 g/mol. The van der Waals surface area contributed by atoms with Crippen LogP contribution in [-0.4, -0.2) is 25.5 Å². The Morgan fingerprint density at radius 3 is 2.74 bits per heavy atom. The Hall–Kier alpha value is -1.35. The SMILES string of the molecule is Cc1cccc(NC(=O)C[NH+](C)C2CCCCC2)c1. The summed E-state index contributed by atoms with van der Waals surface area (Å²) in [6.45, 7) is 2.60. The van der Waals surface area contributed by atoms with Gasteiger partial charge in [-0.25, -0.2) is 0 Å². The Morgan fingerprint density at radius 2 is 2.05 bits per heavy atom. The van der Waals surface area contributed by atoms with Crippen molar-refractivity contribution in [3.05, 3.63) is 29.8 Å². The summed E-state index contributed by atoms with van der Waals surface area (Å²) >= 11 is 0. The standard InChI is InChI=1S/C16H24N2O/c1-13-7-6-8-14(11-13)17-16(19)12-18(2)15-9-4-3-5-10-15/h6-8,11,15H,3-5,9-10,12H2,1-2H3,(H,17,19)/p+1. The van der Waals surface area contributed by atoms with E-state index in [0.29, 0.717) is 12.6 Å². The molecule has 2 rings (SSSR count). The number of rotatable bonds is 4. The lowest BCUT2D eigenvalue weighted by molar-refractivity contribution is -0.899. The highest BCUT2D eigenvalue weighted by molar-refractivity contribution is 5.91. The third-order valence-corrected chi connectivity index (χ3v) is 4.04. The topological polar surface area (TPSA) is 33.5 Å². The molecular formula is C16H25N2O+. The average molecular weight is 261 g/mol. The van der Waals surface area contributed by atoms with Crippen LogP contribution in [0.15, 0.2) is 24.3 Å². The number of benzene rings is 1. The number of quaternary nitrogens is 1. The quantitative estimate of drug-likeness (QED) is 0.851. The van der Waals surface area contributed by atoms with Crippen LogP contribution in [0.25, 0.3) is 0 Å². The van der Waals surface area contributed by atoms with E-state index in [1.807, 2.05) is 31.2 Å². The Balaban J connectivity index is 1.83. The number of hydrogen-bond donors (Lipinski definition) is 2. The van der Waals surface area contributed by atoms with Crippen LogP contribution < -0.4 is 10.2 Å². The molecule has 1 unspecified atom stereocenters. The van der Waals surface area contributed by atoms with Gasteiger partial charge in [-0.1, -0.05) is 18.6 Å². The summed E-state index contributed by atoms with van der Waals surface area (Å²) in [6, 6.07) is 8.63. The van der Waals surface area contributed by atoms with E-state index in [-0.39, 0.29) is 5.91 Å². The first-order valence-electron chi connectivity index (χ1n) is 7.34. The van der Waals surface area contributed by atoms with Gasteiger partial charge < -0.3 is 10.2 Å². The molecule has 1 fully saturated rings. The summed E-state index contributed by atoms with van der Waals surface area (Å²) in [5, 5.41) is 2.99. The zero-order chi connectivity index (χ0) is 13.7. The van der Waals surface area contributed by atoms with Crippen molar-refractivity contribution >= 4 is 11.6 Å². The van der Waals surface area contributed by atoms with Crippen LogP contribution in [0.4, 0.5) is 5.69 Å². The van der Waals surface area contributed by atoms with Gasteiger partial charge in [-0.2, -0.15) is 0 Å². The van der Waals surface area contributed by atoms with Gasteiger partial charge in [0.25, 0.3) is 5.91 Å². The summed E-state index contributed by atoms with van der Waals surface area (Å²) < 4.78 is 0. The molecular weight excluding hydrogens is 236 g/mol. The lowest BCUT2D eigenvalue weighted by Crippen LogP contribution is -3.14. The molecule has 1 aromatic rings. The number of anilines is 1. The fourth-order valence-electron chi connectivity index (χ4n) is 2.92. The van der Waals surface area contributed by atoms with Crippen LogP contribution in [0.2, 0.25) is 0 Å².